The lowest BCUT2D eigenvalue weighted by Crippen LogP contribution is -2.21. The number of hydrogen-bond donors (Lipinski definition) is 0. The van der Waals surface area contributed by atoms with Gasteiger partial charge in [-0.25, -0.2) is 13.5 Å². The maximum atomic E-state index is 14.2. The van der Waals surface area contributed by atoms with Crippen molar-refractivity contribution in [2.45, 2.75) is 19.3 Å². The minimum atomic E-state index is -0.622. The highest BCUT2D eigenvalue weighted by atomic mass is 19.1. The van der Waals surface area contributed by atoms with Gasteiger partial charge >= 0.3 is 0 Å². The van der Waals surface area contributed by atoms with Crippen LogP contribution in [0, 0.1) is 11.6 Å². The first-order valence-electron chi connectivity index (χ1n) is 8.99. The Kier molecular flexibility index (Phi) is 4.51. The maximum absolute atomic E-state index is 14.2. The molecule has 0 N–H and O–H groups in total. The van der Waals surface area contributed by atoms with E-state index in [1.54, 1.807) is 16.9 Å². The Morgan fingerprint density at radius 2 is 1.71 bits per heavy atom. The van der Waals surface area contributed by atoms with Crippen LogP contribution in [0.5, 0.6) is 0 Å². The van der Waals surface area contributed by atoms with Crippen LogP contribution >= 0.6 is 0 Å². The second kappa shape index (κ2) is 7.00. The molecule has 0 fully saturated rings. The Labute approximate surface area is 162 Å². The predicted molar refractivity (Wildman–Crippen MR) is 105 cm³/mol. The first kappa shape index (κ1) is 18.0. The molecule has 0 spiro atoms. The molecule has 0 aliphatic heterocycles. The van der Waals surface area contributed by atoms with Gasteiger partial charge in [0.25, 0.3) is 0 Å². The van der Waals surface area contributed by atoms with E-state index in [1.807, 2.05) is 42.6 Å². The molecule has 2 heterocycles. The van der Waals surface area contributed by atoms with Crippen molar-refractivity contribution in [2.75, 3.05) is 0 Å². The average Bonchev–Trinajstić information content (AvgIpc) is 3.23. The number of aromatic nitrogens is 3. The maximum Gasteiger partial charge on any atom is 0.135 e. The van der Waals surface area contributed by atoms with Gasteiger partial charge in [0, 0.05) is 29.4 Å². The van der Waals surface area contributed by atoms with E-state index in [-0.39, 0.29) is 5.56 Å². The van der Waals surface area contributed by atoms with Crippen molar-refractivity contribution in [3.63, 3.8) is 0 Å². The zero-order chi connectivity index (χ0) is 19.7. The molecule has 2 aromatic heterocycles. The van der Waals surface area contributed by atoms with E-state index in [4.69, 9.17) is 0 Å². The van der Waals surface area contributed by atoms with Gasteiger partial charge in [-0.05, 0) is 48.0 Å². The molecule has 0 unspecified atom stereocenters. The lowest BCUT2D eigenvalue weighted by molar-refractivity contribution is 0.584. The molecule has 0 saturated heterocycles. The number of halogens is 2. The van der Waals surface area contributed by atoms with E-state index in [2.05, 4.69) is 30.0 Å². The van der Waals surface area contributed by atoms with Crippen LogP contribution < -0.4 is 0 Å². The number of pyridine rings is 1. The van der Waals surface area contributed by atoms with Crippen molar-refractivity contribution in [1.82, 2.24) is 14.8 Å². The van der Waals surface area contributed by atoms with Gasteiger partial charge in [0.1, 0.15) is 11.6 Å². The quantitative estimate of drug-likeness (QED) is 0.469. The van der Waals surface area contributed by atoms with Crippen LogP contribution in [-0.2, 0) is 5.41 Å². The third kappa shape index (κ3) is 3.31. The minimum Gasteiger partial charge on any atom is -0.252 e. The van der Waals surface area contributed by atoms with Gasteiger partial charge in [-0.1, -0.05) is 32.0 Å². The standard InChI is InChI=1S/C23H19F2N3/c1-23(2,16-6-3-7-18(14-16)28-13-5-12-26-28)22-9-4-8-21(27-22)19-11-10-17(24)15-20(19)25/h3-15H,1-2H3. The van der Waals surface area contributed by atoms with Crippen LogP contribution in [0.2, 0.25) is 0 Å². The molecule has 2 aromatic carbocycles. The van der Waals surface area contributed by atoms with Crippen molar-refractivity contribution in [3.8, 4) is 16.9 Å². The van der Waals surface area contributed by atoms with E-state index >= 15 is 0 Å². The summed E-state index contributed by atoms with van der Waals surface area (Å²) in [6, 6.07) is 19.0. The van der Waals surface area contributed by atoms with E-state index < -0.39 is 17.0 Å². The summed E-state index contributed by atoms with van der Waals surface area (Å²) in [5, 5.41) is 4.28. The van der Waals surface area contributed by atoms with Crippen LogP contribution in [0.25, 0.3) is 16.9 Å². The summed E-state index contributed by atoms with van der Waals surface area (Å²) in [5.74, 6) is -1.23. The van der Waals surface area contributed by atoms with Crippen molar-refractivity contribution >= 4 is 0 Å². The molecule has 3 nitrogen and oxygen atoms in total. The summed E-state index contributed by atoms with van der Waals surface area (Å²) >= 11 is 0. The predicted octanol–water partition coefficient (Wildman–Crippen LogP) is 5.54. The van der Waals surface area contributed by atoms with Crippen LogP contribution in [0.1, 0.15) is 25.1 Å². The second-order valence-electron chi connectivity index (χ2n) is 7.16. The average molecular weight is 375 g/mol. The second-order valence-corrected chi connectivity index (χ2v) is 7.16. The molecule has 140 valence electrons. The molecule has 0 saturated carbocycles. The normalized spacial score (nSPS) is 11.6. The lowest BCUT2D eigenvalue weighted by atomic mass is 9.81. The molecule has 0 amide bonds. The molecule has 28 heavy (non-hydrogen) atoms. The fraction of sp³-hybridized carbons (Fsp3) is 0.130. The van der Waals surface area contributed by atoms with Gasteiger partial charge in [0.05, 0.1) is 17.1 Å². The Hall–Kier alpha value is -3.34. The summed E-state index contributed by atoms with van der Waals surface area (Å²) < 4.78 is 29.3. The van der Waals surface area contributed by atoms with E-state index in [1.165, 1.54) is 12.1 Å². The molecule has 4 rings (SSSR count). The smallest absolute Gasteiger partial charge is 0.135 e. The van der Waals surface area contributed by atoms with Gasteiger partial charge in [-0.15, -0.1) is 0 Å². The third-order valence-electron chi connectivity index (χ3n) is 4.93. The van der Waals surface area contributed by atoms with E-state index in [0.29, 0.717) is 5.69 Å². The summed E-state index contributed by atoms with van der Waals surface area (Å²) in [4.78, 5) is 4.69. The molecule has 0 aliphatic carbocycles. The van der Waals surface area contributed by atoms with Crippen LogP contribution in [0.4, 0.5) is 8.78 Å². The summed E-state index contributed by atoms with van der Waals surface area (Å²) in [6.45, 7) is 4.14. The number of hydrogen-bond acceptors (Lipinski definition) is 2. The minimum absolute atomic E-state index is 0.282. The lowest BCUT2D eigenvalue weighted by Gasteiger charge is -2.26. The summed E-state index contributed by atoms with van der Waals surface area (Å²) in [5.41, 5.74) is 3.15. The molecule has 0 bridgehead atoms. The molecule has 0 aliphatic rings. The molecular weight excluding hydrogens is 356 g/mol. The molecule has 4 aromatic rings. The number of rotatable bonds is 4. The first-order chi connectivity index (χ1) is 13.4. The molecular formula is C23H19F2N3. The number of benzene rings is 2. The van der Waals surface area contributed by atoms with E-state index in [0.717, 1.165) is 23.0 Å². The Morgan fingerprint density at radius 1 is 0.893 bits per heavy atom. The fourth-order valence-electron chi connectivity index (χ4n) is 3.24. The Balaban J connectivity index is 1.75. The summed E-state index contributed by atoms with van der Waals surface area (Å²) in [6.07, 6.45) is 3.63. The van der Waals surface area contributed by atoms with E-state index in [9.17, 15) is 8.78 Å². The van der Waals surface area contributed by atoms with Gasteiger partial charge < -0.3 is 0 Å². The highest BCUT2D eigenvalue weighted by molar-refractivity contribution is 5.60. The largest absolute Gasteiger partial charge is 0.252 e. The SMILES string of the molecule is CC(C)(c1cccc(-n2cccn2)c1)c1cccc(-c2ccc(F)cc2F)n1. The molecule has 0 radical (unpaired) electrons. The molecule has 5 heteroatoms. The third-order valence-corrected chi connectivity index (χ3v) is 4.93. The summed E-state index contributed by atoms with van der Waals surface area (Å²) in [7, 11) is 0. The van der Waals surface area contributed by atoms with Gasteiger partial charge in [-0.2, -0.15) is 5.10 Å². The van der Waals surface area contributed by atoms with Crippen LogP contribution in [0.3, 0.4) is 0 Å². The van der Waals surface area contributed by atoms with Crippen molar-refractivity contribution in [1.29, 1.82) is 0 Å². The zero-order valence-electron chi connectivity index (χ0n) is 15.6. The van der Waals surface area contributed by atoms with Gasteiger partial charge in [0.2, 0.25) is 0 Å². The Morgan fingerprint density at radius 3 is 2.46 bits per heavy atom. The first-order valence-corrected chi connectivity index (χ1v) is 8.99. The van der Waals surface area contributed by atoms with Gasteiger partial charge in [0.15, 0.2) is 0 Å². The Bertz CT molecular complexity index is 1120. The van der Waals surface area contributed by atoms with Crippen molar-refractivity contribution < 1.29 is 8.78 Å². The topological polar surface area (TPSA) is 30.7 Å². The monoisotopic (exact) mass is 375 g/mol. The van der Waals surface area contributed by atoms with Crippen molar-refractivity contribution in [2.24, 2.45) is 0 Å². The zero-order valence-corrected chi connectivity index (χ0v) is 15.6. The highest BCUT2D eigenvalue weighted by Crippen LogP contribution is 2.33. The fourth-order valence-corrected chi connectivity index (χ4v) is 3.24. The van der Waals surface area contributed by atoms with Crippen LogP contribution in [0.15, 0.2) is 79.1 Å². The number of nitrogens with zero attached hydrogens (tertiary/aromatic N) is 3. The highest BCUT2D eigenvalue weighted by Gasteiger charge is 2.26. The van der Waals surface area contributed by atoms with Gasteiger partial charge in [-0.3, -0.25) is 4.98 Å². The van der Waals surface area contributed by atoms with Crippen molar-refractivity contribution in [3.05, 3.63) is 102 Å². The molecule has 0 atom stereocenters. The van der Waals surface area contributed by atoms with Crippen LogP contribution in [-0.4, -0.2) is 14.8 Å².